The lowest BCUT2D eigenvalue weighted by atomic mass is 10.1. The van der Waals surface area contributed by atoms with Gasteiger partial charge in [-0.25, -0.2) is 4.68 Å². The molecule has 0 radical (unpaired) electrons. The summed E-state index contributed by atoms with van der Waals surface area (Å²) in [5.41, 5.74) is 3.69. The molecule has 0 aliphatic carbocycles. The van der Waals surface area contributed by atoms with Crippen molar-refractivity contribution in [3.63, 3.8) is 0 Å². The second-order valence-electron chi connectivity index (χ2n) is 6.98. The van der Waals surface area contributed by atoms with Crippen molar-refractivity contribution in [2.45, 2.75) is 47.1 Å². The molecule has 0 saturated heterocycles. The van der Waals surface area contributed by atoms with Crippen LogP contribution in [0.15, 0.2) is 24.4 Å². The van der Waals surface area contributed by atoms with Crippen LogP contribution in [0.5, 0.6) is 0 Å². The summed E-state index contributed by atoms with van der Waals surface area (Å²) in [7, 11) is 0. The molecule has 0 unspecified atom stereocenters. The predicted octanol–water partition coefficient (Wildman–Crippen LogP) is 3.03. The summed E-state index contributed by atoms with van der Waals surface area (Å²) < 4.78 is 1.81. The van der Waals surface area contributed by atoms with E-state index in [9.17, 15) is 9.90 Å². The fraction of sp³-hybridized carbons (Fsp3) is 0.474. The number of benzene rings is 1. The van der Waals surface area contributed by atoms with Crippen molar-refractivity contribution in [2.75, 3.05) is 13.1 Å². The van der Waals surface area contributed by atoms with Gasteiger partial charge >= 0.3 is 0 Å². The van der Waals surface area contributed by atoms with Crippen LogP contribution in [0.4, 0.5) is 0 Å². The molecule has 1 aromatic heterocycles. The summed E-state index contributed by atoms with van der Waals surface area (Å²) in [5.74, 6) is -0.103. The molecule has 1 N–H and O–H groups in total. The highest BCUT2D eigenvalue weighted by atomic mass is 16.3. The SMILES string of the molecule is CCN(CC(C)(C)O)C(=O)c1cnn(-c2cc(C)ccc2C)c1C. The monoisotopic (exact) mass is 329 g/mol. The summed E-state index contributed by atoms with van der Waals surface area (Å²) >= 11 is 0. The van der Waals surface area contributed by atoms with E-state index in [1.807, 2.05) is 32.4 Å². The Morgan fingerprint density at radius 2 is 1.96 bits per heavy atom. The Labute approximate surface area is 143 Å². The first kappa shape index (κ1) is 18.2. The Hall–Kier alpha value is -2.14. The van der Waals surface area contributed by atoms with E-state index in [1.165, 1.54) is 0 Å². The lowest BCUT2D eigenvalue weighted by molar-refractivity contribution is 0.0314. The second kappa shape index (κ2) is 6.77. The molecule has 5 heteroatoms. The first-order valence-electron chi connectivity index (χ1n) is 8.28. The molecule has 1 aromatic carbocycles. The summed E-state index contributed by atoms with van der Waals surface area (Å²) in [6.45, 7) is 12.1. The molecule has 0 atom stereocenters. The number of aromatic nitrogens is 2. The summed E-state index contributed by atoms with van der Waals surface area (Å²) in [4.78, 5) is 14.5. The summed E-state index contributed by atoms with van der Waals surface area (Å²) in [6.07, 6.45) is 1.62. The average Bonchev–Trinajstić information content (AvgIpc) is 2.87. The van der Waals surface area contributed by atoms with Crippen LogP contribution >= 0.6 is 0 Å². The molecule has 0 spiro atoms. The maximum Gasteiger partial charge on any atom is 0.257 e. The van der Waals surface area contributed by atoms with Crippen molar-refractivity contribution >= 4 is 5.91 Å². The Balaban J connectivity index is 2.39. The van der Waals surface area contributed by atoms with Gasteiger partial charge in [-0.3, -0.25) is 4.79 Å². The van der Waals surface area contributed by atoms with Gasteiger partial charge in [-0.15, -0.1) is 0 Å². The number of carbonyl (C=O) groups is 1. The van der Waals surface area contributed by atoms with E-state index in [4.69, 9.17) is 0 Å². The van der Waals surface area contributed by atoms with Crippen molar-refractivity contribution in [3.8, 4) is 5.69 Å². The van der Waals surface area contributed by atoms with Crippen LogP contribution in [0, 0.1) is 20.8 Å². The highest BCUT2D eigenvalue weighted by molar-refractivity contribution is 5.95. The number of carbonyl (C=O) groups excluding carboxylic acids is 1. The molecule has 0 saturated carbocycles. The van der Waals surface area contributed by atoms with E-state index in [1.54, 1.807) is 24.9 Å². The van der Waals surface area contributed by atoms with Crippen molar-refractivity contribution in [3.05, 3.63) is 46.8 Å². The van der Waals surface area contributed by atoms with Crippen LogP contribution in [-0.2, 0) is 0 Å². The minimum atomic E-state index is -0.928. The Bertz CT molecular complexity index is 742. The third-order valence-electron chi connectivity index (χ3n) is 4.08. The van der Waals surface area contributed by atoms with Gasteiger partial charge in [0.15, 0.2) is 0 Å². The van der Waals surface area contributed by atoms with Gasteiger partial charge in [0.2, 0.25) is 0 Å². The number of nitrogens with zero attached hydrogens (tertiary/aromatic N) is 3. The zero-order chi connectivity index (χ0) is 18.1. The zero-order valence-electron chi connectivity index (χ0n) is 15.4. The smallest absolute Gasteiger partial charge is 0.257 e. The van der Waals surface area contributed by atoms with Crippen LogP contribution in [0.2, 0.25) is 0 Å². The second-order valence-corrected chi connectivity index (χ2v) is 6.98. The van der Waals surface area contributed by atoms with Gasteiger partial charge in [-0.1, -0.05) is 12.1 Å². The Morgan fingerprint density at radius 1 is 1.29 bits per heavy atom. The van der Waals surface area contributed by atoms with E-state index in [2.05, 4.69) is 23.3 Å². The number of aryl methyl sites for hydroxylation is 2. The topological polar surface area (TPSA) is 58.4 Å². The third-order valence-corrected chi connectivity index (χ3v) is 4.08. The van der Waals surface area contributed by atoms with E-state index in [0.29, 0.717) is 12.1 Å². The van der Waals surface area contributed by atoms with Crippen LogP contribution in [-0.4, -0.2) is 44.4 Å². The molecule has 24 heavy (non-hydrogen) atoms. The molecule has 0 aliphatic rings. The molecule has 0 aliphatic heterocycles. The molecular formula is C19H27N3O2. The predicted molar refractivity (Wildman–Crippen MR) is 95.7 cm³/mol. The van der Waals surface area contributed by atoms with Crippen LogP contribution in [0.1, 0.15) is 48.0 Å². The maximum absolute atomic E-state index is 12.8. The average molecular weight is 329 g/mol. The number of amides is 1. The molecular weight excluding hydrogens is 302 g/mol. The van der Waals surface area contributed by atoms with Gasteiger partial charge in [-0.05, 0) is 58.7 Å². The number of likely N-dealkylation sites (N-methyl/N-ethyl adjacent to an activating group) is 1. The van der Waals surface area contributed by atoms with E-state index in [0.717, 1.165) is 22.5 Å². The normalized spacial score (nSPS) is 11.6. The molecule has 0 fully saturated rings. The molecule has 2 aromatic rings. The highest BCUT2D eigenvalue weighted by Crippen LogP contribution is 2.20. The lowest BCUT2D eigenvalue weighted by Crippen LogP contribution is -2.42. The number of hydrogen-bond donors (Lipinski definition) is 1. The van der Waals surface area contributed by atoms with Gasteiger partial charge < -0.3 is 10.0 Å². The van der Waals surface area contributed by atoms with Gasteiger partial charge in [0.1, 0.15) is 0 Å². The molecule has 130 valence electrons. The molecule has 1 heterocycles. The fourth-order valence-corrected chi connectivity index (χ4v) is 2.77. The number of hydrogen-bond acceptors (Lipinski definition) is 3. The first-order chi connectivity index (χ1) is 11.1. The van der Waals surface area contributed by atoms with E-state index < -0.39 is 5.60 Å². The molecule has 0 bridgehead atoms. The van der Waals surface area contributed by atoms with Crippen LogP contribution < -0.4 is 0 Å². The van der Waals surface area contributed by atoms with Crippen molar-refractivity contribution in [2.24, 2.45) is 0 Å². The zero-order valence-corrected chi connectivity index (χ0v) is 15.4. The number of aliphatic hydroxyl groups is 1. The van der Waals surface area contributed by atoms with Crippen molar-refractivity contribution < 1.29 is 9.90 Å². The highest BCUT2D eigenvalue weighted by Gasteiger charge is 2.25. The van der Waals surface area contributed by atoms with Gasteiger partial charge in [0.25, 0.3) is 5.91 Å². The number of rotatable bonds is 5. The van der Waals surface area contributed by atoms with Crippen molar-refractivity contribution in [1.29, 1.82) is 0 Å². The summed E-state index contributed by atoms with van der Waals surface area (Å²) in [5, 5.41) is 14.4. The van der Waals surface area contributed by atoms with Crippen LogP contribution in [0.3, 0.4) is 0 Å². The quantitative estimate of drug-likeness (QED) is 0.917. The largest absolute Gasteiger partial charge is 0.389 e. The fourth-order valence-electron chi connectivity index (χ4n) is 2.77. The van der Waals surface area contributed by atoms with Gasteiger partial charge in [0.05, 0.1) is 28.7 Å². The standard InChI is InChI=1S/C19H27N3O2/c1-7-21(12-19(5,6)24)18(23)16-11-20-22(15(16)4)17-10-13(2)8-9-14(17)3/h8-11,24H,7,12H2,1-6H3. The van der Waals surface area contributed by atoms with Gasteiger partial charge in [0, 0.05) is 13.1 Å². The van der Waals surface area contributed by atoms with Crippen molar-refractivity contribution in [1.82, 2.24) is 14.7 Å². The minimum Gasteiger partial charge on any atom is -0.389 e. The van der Waals surface area contributed by atoms with Gasteiger partial charge in [-0.2, -0.15) is 5.10 Å². The summed E-state index contributed by atoms with van der Waals surface area (Å²) in [6, 6.07) is 6.18. The van der Waals surface area contributed by atoms with E-state index >= 15 is 0 Å². The first-order valence-corrected chi connectivity index (χ1v) is 8.28. The molecule has 5 nitrogen and oxygen atoms in total. The van der Waals surface area contributed by atoms with E-state index in [-0.39, 0.29) is 12.5 Å². The van der Waals surface area contributed by atoms with Crippen LogP contribution in [0.25, 0.3) is 5.69 Å². The lowest BCUT2D eigenvalue weighted by Gasteiger charge is -2.28. The Morgan fingerprint density at radius 3 is 2.54 bits per heavy atom. The minimum absolute atomic E-state index is 0.103. The molecule has 1 amide bonds. The Kier molecular flexibility index (Phi) is 5.13. The molecule has 2 rings (SSSR count). The third kappa shape index (κ3) is 3.85. The maximum atomic E-state index is 12.8.